The lowest BCUT2D eigenvalue weighted by Crippen LogP contribution is -2.23. The fourth-order valence-corrected chi connectivity index (χ4v) is 4.55. The van der Waals surface area contributed by atoms with Gasteiger partial charge in [0.15, 0.2) is 0 Å². The molecule has 0 heterocycles. The second kappa shape index (κ2) is 10.3. The van der Waals surface area contributed by atoms with Crippen LogP contribution >= 0.6 is 11.6 Å². The number of carbonyl (C=O) groups excluding carboxylic acids is 2. The molecule has 6 heteroatoms. The summed E-state index contributed by atoms with van der Waals surface area (Å²) in [5, 5.41) is 3.74. The van der Waals surface area contributed by atoms with Crippen LogP contribution in [0.1, 0.15) is 54.4 Å². The minimum Gasteiger partial charge on any atom is -0.497 e. The van der Waals surface area contributed by atoms with E-state index in [4.69, 9.17) is 22.1 Å². The van der Waals surface area contributed by atoms with Crippen LogP contribution in [-0.2, 0) is 22.4 Å². The van der Waals surface area contributed by atoms with Gasteiger partial charge in [-0.15, -0.1) is 0 Å². The molecule has 5 rings (SSSR count). The van der Waals surface area contributed by atoms with E-state index in [2.05, 4.69) is 11.4 Å². The van der Waals surface area contributed by atoms with Crippen molar-refractivity contribution >= 4 is 34.6 Å². The first kappa shape index (κ1) is 23.1. The first-order valence-electron chi connectivity index (χ1n) is 11.4. The highest BCUT2D eigenvalue weighted by atomic mass is 35.5. The lowest BCUT2D eigenvalue weighted by molar-refractivity contribution is -0.116. The molecule has 0 unspecified atom stereocenters. The topological polar surface area (TPSA) is 81.4 Å². The van der Waals surface area contributed by atoms with Gasteiger partial charge in [0.2, 0.25) is 11.8 Å². The van der Waals surface area contributed by atoms with Crippen LogP contribution < -0.4 is 15.8 Å². The minimum atomic E-state index is -0.388. The smallest absolute Gasteiger partial charge is 0.244 e. The van der Waals surface area contributed by atoms with Gasteiger partial charge in [-0.05, 0) is 103 Å². The summed E-state index contributed by atoms with van der Waals surface area (Å²) < 4.78 is 5.15. The Kier molecular flexibility index (Phi) is 7.19. The Labute approximate surface area is 199 Å². The van der Waals surface area contributed by atoms with Gasteiger partial charge in [-0.25, -0.2) is 0 Å². The van der Waals surface area contributed by atoms with Crippen LogP contribution in [0.15, 0.2) is 48.6 Å². The van der Waals surface area contributed by atoms with Gasteiger partial charge >= 0.3 is 0 Å². The van der Waals surface area contributed by atoms with Gasteiger partial charge in [0.05, 0.1) is 7.11 Å². The van der Waals surface area contributed by atoms with E-state index in [1.165, 1.54) is 17.2 Å². The van der Waals surface area contributed by atoms with E-state index in [9.17, 15) is 9.59 Å². The molecular weight excluding hydrogens is 436 g/mol. The molecule has 3 N–H and O–H groups in total. The number of rotatable bonds is 4. The Hall–Kier alpha value is -3.05. The van der Waals surface area contributed by atoms with E-state index < -0.39 is 0 Å². The number of hydrogen-bond acceptors (Lipinski definition) is 3. The quantitative estimate of drug-likeness (QED) is 0.634. The maximum atomic E-state index is 11.8. The third-order valence-electron chi connectivity index (χ3n) is 6.18. The predicted octanol–water partition coefficient (Wildman–Crippen LogP) is 4.85. The monoisotopic (exact) mass is 464 g/mol. The zero-order chi connectivity index (χ0) is 23.4. The SMILES string of the molecule is COc1ccc2c(c1)/C(=C/C(N)=O)CC2.O=C(/C=C1\CCCc2ccc(Cl)cc21)NC1CC1. The summed E-state index contributed by atoms with van der Waals surface area (Å²) in [7, 11) is 1.63. The fraction of sp³-hybridized carbons (Fsp3) is 0.333. The van der Waals surface area contributed by atoms with Gasteiger partial charge in [0, 0.05) is 23.2 Å². The molecule has 0 spiro atoms. The second-order valence-corrected chi connectivity index (χ2v) is 9.14. The molecule has 2 amide bonds. The van der Waals surface area contributed by atoms with Crippen molar-refractivity contribution in [3.63, 3.8) is 0 Å². The number of fused-ring (bicyclic) bond motifs is 2. The van der Waals surface area contributed by atoms with Crippen molar-refractivity contribution in [3.05, 3.63) is 75.8 Å². The Balaban J connectivity index is 0.000000160. The van der Waals surface area contributed by atoms with Crippen LogP contribution in [0.2, 0.25) is 5.02 Å². The van der Waals surface area contributed by atoms with Crippen LogP contribution in [0.5, 0.6) is 5.75 Å². The van der Waals surface area contributed by atoms with Gasteiger partial charge in [-0.2, -0.15) is 0 Å². The Bertz CT molecular complexity index is 1130. The number of nitrogens with two attached hydrogens (primary N) is 1. The van der Waals surface area contributed by atoms with Crippen molar-refractivity contribution in [2.45, 2.75) is 51.0 Å². The second-order valence-electron chi connectivity index (χ2n) is 8.70. The van der Waals surface area contributed by atoms with E-state index in [0.29, 0.717) is 6.04 Å². The van der Waals surface area contributed by atoms with Crippen molar-refractivity contribution in [1.82, 2.24) is 5.32 Å². The summed E-state index contributed by atoms with van der Waals surface area (Å²) in [6.45, 7) is 0. The average Bonchev–Trinajstić information content (AvgIpc) is 3.52. The van der Waals surface area contributed by atoms with Crippen LogP contribution in [0.4, 0.5) is 0 Å². The minimum absolute atomic E-state index is 0.0420. The van der Waals surface area contributed by atoms with Gasteiger partial charge in [-0.1, -0.05) is 23.7 Å². The van der Waals surface area contributed by atoms with Gasteiger partial charge in [0.1, 0.15) is 5.75 Å². The molecule has 2 aromatic carbocycles. The number of allylic oxidation sites excluding steroid dienone is 2. The Morgan fingerprint density at radius 2 is 1.67 bits per heavy atom. The molecule has 3 aliphatic rings. The van der Waals surface area contributed by atoms with Gasteiger partial charge in [0.25, 0.3) is 0 Å². The van der Waals surface area contributed by atoms with E-state index in [-0.39, 0.29) is 11.8 Å². The molecule has 0 saturated heterocycles. The molecule has 0 bridgehead atoms. The number of carbonyl (C=O) groups is 2. The van der Waals surface area contributed by atoms with Crippen LogP contribution in [-0.4, -0.2) is 25.0 Å². The molecular formula is C27H29ClN2O3. The van der Waals surface area contributed by atoms with E-state index >= 15 is 0 Å². The molecule has 0 aromatic heterocycles. The van der Waals surface area contributed by atoms with Crippen molar-refractivity contribution in [1.29, 1.82) is 0 Å². The number of aryl methyl sites for hydroxylation is 2. The molecule has 0 atom stereocenters. The molecule has 5 nitrogen and oxygen atoms in total. The van der Waals surface area contributed by atoms with Crippen molar-refractivity contribution in [3.8, 4) is 5.75 Å². The number of hydrogen-bond donors (Lipinski definition) is 2. The number of ether oxygens (including phenoxy) is 1. The number of halogens is 1. The third kappa shape index (κ3) is 6.05. The van der Waals surface area contributed by atoms with Crippen LogP contribution in [0, 0.1) is 0 Å². The van der Waals surface area contributed by atoms with E-state index in [1.54, 1.807) is 13.2 Å². The summed E-state index contributed by atoms with van der Waals surface area (Å²) in [6, 6.07) is 12.3. The standard InChI is InChI=1S/C15H16ClNO.C12H13NO2/c16-12-5-4-10-2-1-3-11(14(10)9-12)8-15(18)17-13-6-7-13;1-15-10-5-4-8-2-3-9(6-12(13)14)11(8)7-10/h4-5,8-9,13H,1-3,6-7H2,(H,17,18);4-7H,2-3H2,1H3,(H2,13,14)/b11-8+;9-6+. The molecule has 0 aliphatic heterocycles. The highest BCUT2D eigenvalue weighted by Crippen LogP contribution is 2.34. The summed E-state index contributed by atoms with van der Waals surface area (Å²) in [5.74, 6) is 0.465. The lowest BCUT2D eigenvalue weighted by Gasteiger charge is -2.19. The number of nitrogens with one attached hydrogen (secondary N) is 1. The summed E-state index contributed by atoms with van der Waals surface area (Å²) in [4.78, 5) is 22.7. The molecule has 172 valence electrons. The molecule has 33 heavy (non-hydrogen) atoms. The summed E-state index contributed by atoms with van der Waals surface area (Å²) >= 11 is 6.05. The fourth-order valence-electron chi connectivity index (χ4n) is 4.37. The lowest BCUT2D eigenvalue weighted by atomic mass is 9.87. The first-order valence-corrected chi connectivity index (χ1v) is 11.8. The molecule has 1 saturated carbocycles. The predicted molar refractivity (Wildman–Crippen MR) is 132 cm³/mol. The molecule has 0 radical (unpaired) electrons. The number of methoxy groups -OCH3 is 1. The Morgan fingerprint density at radius 1 is 0.970 bits per heavy atom. The summed E-state index contributed by atoms with van der Waals surface area (Å²) in [5.41, 5.74) is 12.1. The van der Waals surface area contributed by atoms with E-state index in [1.807, 2.05) is 30.3 Å². The maximum absolute atomic E-state index is 11.8. The highest BCUT2D eigenvalue weighted by Gasteiger charge is 2.23. The molecule has 1 fully saturated rings. The largest absolute Gasteiger partial charge is 0.497 e. The number of primary amides is 1. The van der Waals surface area contributed by atoms with Gasteiger partial charge in [-0.3, -0.25) is 9.59 Å². The normalized spacial score (nSPS) is 18.7. The average molecular weight is 465 g/mol. The number of amides is 2. The van der Waals surface area contributed by atoms with E-state index in [0.717, 1.165) is 78.0 Å². The molecule has 3 aliphatic carbocycles. The number of benzene rings is 2. The van der Waals surface area contributed by atoms with Gasteiger partial charge < -0.3 is 15.8 Å². The Morgan fingerprint density at radius 3 is 2.39 bits per heavy atom. The zero-order valence-corrected chi connectivity index (χ0v) is 19.6. The van der Waals surface area contributed by atoms with Crippen molar-refractivity contribution < 1.29 is 14.3 Å². The van der Waals surface area contributed by atoms with Crippen LogP contribution in [0.3, 0.4) is 0 Å². The highest BCUT2D eigenvalue weighted by molar-refractivity contribution is 6.30. The van der Waals surface area contributed by atoms with Crippen LogP contribution in [0.25, 0.3) is 11.1 Å². The first-order chi connectivity index (χ1) is 15.9. The maximum Gasteiger partial charge on any atom is 0.244 e. The molecule has 2 aromatic rings. The van der Waals surface area contributed by atoms with Crippen molar-refractivity contribution in [2.24, 2.45) is 5.73 Å². The van der Waals surface area contributed by atoms with Crippen molar-refractivity contribution in [2.75, 3.05) is 7.11 Å². The summed E-state index contributed by atoms with van der Waals surface area (Å²) in [6.07, 6.45) is 10.5. The third-order valence-corrected chi connectivity index (χ3v) is 6.42. The zero-order valence-electron chi connectivity index (χ0n) is 18.8.